The Kier molecular flexibility index (Phi) is 5.47. The molecule has 0 unspecified atom stereocenters. The van der Waals surface area contributed by atoms with Gasteiger partial charge in [0.05, 0.1) is 33.5 Å². The number of aromatic nitrogens is 4. The lowest BCUT2D eigenvalue weighted by Gasteiger charge is -2.10. The highest BCUT2D eigenvalue weighted by atomic mass is 15.1. The molecule has 0 N–H and O–H groups in total. The molecule has 7 aromatic carbocycles. The van der Waals surface area contributed by atoms with Crippen LogP contribution in [0, 0.1) is 0 Å². The summed E-state index contributed by atoms with van der Waals surface area (Å²) in [6.07, 6.45) is 1.89. The molecule has 4 aromatic heterocycles. The van der Waals surface area contributed by atoms with Crippen molar-refractivity contribution in [3.63, 3.8) is 0 Å². The summed E-state index contributed by atoms with van der Waals surface area (Å²) in [5, 5.41) is 9.85. The van der Waals surface area contributed by atoms with E-state index in [1.54, 1.807) is 0 Å². The average molecular weight is 661 g/mol. The quantitative estimate of drug-likeness (QED) is 0.189. The zero-order chi connectivity index (χ0) is 33.9. The second-order valence-electron chi connectivity index (χ2n) is 13.8. The minimum Gasteiger partial charge on any atom is -0.309 e. The minimum absolute atomic E-state index is 0.895. The van der Waals surface area contributed by atoms with Crippen LogP contribution in [0.1, 0.15) is 0 Å². The summed E-state index contributed by atoms with van der Waals surface area (Å²) < 4.78 is 4.70. The molecule has 0 atom stereocenters. The van der Waals surface area contributed by atoms with Gasteiger partial charge >= 0.3 is 0 Å². The van der Waals surface area contributed by atoms with Crippen molar-refractivity contribution in [2.75, 3.05) is 0 Å². The molecule has 0 amide bonds. The molecule has 0 fully saturated rings. The molecule has 0 bridgehead atoms. The first-order valence-corrected chi connectivity index (χ1v) is 17.7. The van der Waals surface area contributed by atoms with Crippen LogP contribution in [0.3, 0.4) is 0 Å². The van der Waals surface area contributed by atoms with E-state index in [1.165, 1.54) is 70.8 Å². The third-order valence-corrected chi connectivity index (χ3v) is 11.1. The largest absolute Gasteiger partial charge is 0.309 e. The van der Waals surface area contributed by atoms with Crippen LogP contribution >= 0.6 is 0 Å². The molecule has 4 heterocycles. The van der Waals surface area contributed by atoms with E-state index in [0.717, 1.165) is 39.5 Å². The molecular formula is C48H28N4. The maximum atomic E-state index is 5.33. The topological polar surface area (TPSA) is 35.6 Å². The molecule has 0 aliphatic heterocycles. The maximum Gasteiger partial charge on any atom is 0.138 e. The smallest absolute Gasteiger partial charge is 0.138 e. The highest BCUT2D eigenvalue weighted by Crippen LogP contribution is 2.46. The Morgan fingerprint density at radius 3 is 1.98 bits per heavy atom. The summed E-state index contributed by atoms with van der Waals surface area (Å²) in [5.41, 5.74) is 12.5. The van der Waals surface area contributed by atoms with Crippen LogP contribution in [0.25, 0.3) is 110 Å². The highest BCUT2D eigenvalue weighted by Gasteiger charge is 2.25. The van der Waals surface area contributed by atoms with Gasteiger partial charge in [0, 0.05) is 44.4 Å². The molecule has 0 radical (unpaired) electrons. The van der Waals surface area contributed by atoms with Gasteiger partial charge in [-0.05, 0) is 99.6 Å². The number of nitrogens with zero attached hydrogens (tertiary/aromatic N) is 4. The molecule has 11 aromatic rings. The van der Waals surface area contributed by atoms with E-state index >= 15 is 0 Å². The number of pyridine rings is 2. The lowest BCUT2D eigenvalue weighted by atomic mass is 9.99. The van der Waals surface area contributed by atoms with Gasteiger partial charge in [0.1, 0.15) is 5.82 Å². The van der Waals surface area contributed by atoms with Gasteiger partial charge in [-0.3, -0.25) is 9.55 Å². The summed E-state index contributed by atoms with van der Waals surface area (Å²) in [7, 11) is 0. The molecule has 0 spiro atoms. The van der Waals surface area contributed by atoms with Crippen LogP contribution in [0.4, 0.5) is 0 Å². The number of hydrogen-bond acceptors (Lipinski definition) is 2. The van der Waals surface area contributed by atoms with Crippen LogP contribution in [0.2, 0.25) is 0 Å². The van der Waals surface area contributed by atoms with Crippen LogP contribution in [-0.2, 0) is 0 Å². The molecule has 1 aliphatic carbocycles. The minimum atomic E-state index is 0.895. The van der Waals surface area contributed by atoms with Gasteiger partial charge < -0.3 is 4.57 Å². The van der Waals surface area contributed by atoms with Gasteiger partial charge in [-0.1, -0.05) is 97.1 Å². The number of benzene rings is 7. The van der Waals surface area contributed by atoms with Gasteiger partial charge in [0.15, 0.2) is 0 Å². The predicted molar refractivity (Wildman–Crippen MR) is 216 cm³/mol. The molecule has 4 heteroatoms. The van der Waals surface area contributed by atoms with E-state index in [4.69, 9.17) is 9.97 Å². The van der Waals surface area contributed by atoms with E-state index in [1.807, 2.05) is 6.20 Å². The summed E-state index contributed by atoms with van der Waals surface area (Å²) in [6, 6.07) is 59.4. The van der Waals surface area contributed by atoms with Gasteiger partial charge in [0.2, 0.25) is 0 Å². The number of hydrogen-bond donors (Lipinski definition) is 0. The zero-order valence-electron chi connectivity index (χ0n) is 28.0. The van der Waals surface area contributed by atoms with Crippen molar-refractivity contribution in [3.8, 4) is 45.1 Å². The molecule has 1 aliphatic rings. The van der Waals surface area contributed by atoms with Crippen molar-refractivity contribution < 1.29 is 0 Å². The Labute approximate surface area is 298 Å². The average Bonchev–Trinajstić information content (AvgIpc) is 3.84. The first-order chi connectivity index (χ1) is 25.8. The fourth-order valence-electron chi connectivity index (χ4n) is 8.83. The first-order valence-electron chi connectivity index (χ1n) is 17.7. The Balaban J connectivity index is 1.07. The first kappa shape index (κ1) is 27.7. The second kappa shape index (κ2) is 10.3. The third-order valence-electron chi connectivity index (χ3n) is 11.1. The lowest BCUT2D eigenvalue weighted by molar-refractivity contribution is 1.08. The van der Waals surface area contributed by atoms with Crippen molar-refractivity contribution >= 4 is 65.2 Å². The van der Waals surface area contributed by atoms with Crippen molar-refractivity contribution in [1.82, 2.24) is 19.1 Å². The molecule has 12 rings (SSSR count). The summed E-state index contributed by atoms with van der Waals surface area (Å²) >= 11 is 0. The number of rotatable bonds is 3. The van der Waals surface area contributed by atoms with Crippen LogP contribution < -0.4 is 0 Å². The van der Waals surface area contributed by atoms with Crippen LogP contribution in [0.15, 0.2) is 170 Å². The number of fused-ring (bicyclic) bond motifs is 11. The fraction of sp³-hybridized carbons (Fsp3) is 0. The predicted octanol–water partition coefficient (Wildman–Crippen LogP) is 12.3. The maximum absolute atomic E-state index is 5.33. The van der Waals surface area contributed by atoms with E-state index in [-0.39, 0.29) is 0 Å². The van der Waals surface area contributed by atoms with E-state index in [9.17, 15) is 0 Å². The van der Waals surface area contributed by atoms with Crippen molar-refractivity contribution in [3.05, 3.63) is 170 Å². The SMILES string of the molecule is c1ccc(-n2c3ccc(-c4ccc5c(c4)c4ccccc4n5-c4ccc5c(n4)-c4nccc6cccc-5c46)cc3c3c4ccccc4ccc32)cc1. The Morgan fingerprint density at radius 1 is 0.385 bits per heavy atom. The highest BCUT2D eigenvalue weighted by molar-refractivity contribution is 6.22. The van der Waals surface area contributed by atoms with Crippen LogP contribution in [0.5, 0.6) is 0 Å². The molecule has 52 heavy (non-hydrogen) atoms. The molecule has 240 valence electrons. The lowest BCUT2D eigenvalue weighted by Crippen LogP contribution is -1.99. The van der Waals surface area contributed by atoms with Crippen LogP contribution in [-0.4, -0.2) is 19.1 Å². The summed E-state index contributed by atoms with van der Waals surface area (Å²) in [6.45, 7) is 0. The van der Waals surface area contributed by atoms with Gasteiger partial charge in [-0.2, -0.15) is 0 Å². The molecule has 0 saturated heterocycles. The molecule has 4 nitrogen and oxygen atoms in total. The summed E-state index contributed by atoms with van der Waals surface area (Å²) in [4.78, 5) is 10.1. The van der Waals surface area contributed by atoms with E-state index in [0.29, 0.717) is 0 Å². The van der Waals surface area contributed by atoms with E-state index < -0.39 is 0 Å². The van der Waals surface area contributed by atoms with Crippen molar-refractivity contribution in [2.24, 2.45) is 0 Å². The van der Waals surface area contributed by atoms with Crippen molar-refractivity contribution in [2.45, 2.75) is 0 Å². The Bertz CT molecular complexity index is 3290. The fourth-order valence-corrected chi connectivity index (χ4v) is 8.83. The van der Waals surface area contributed by atoms with Crippen molar-refractivity contribution in [1.29, 1.82) is 0 Å². The third kappa shape index (κ3) is 3.70. The second-order valence-corrected chi connectivity index (χ2v) is 13.8. The van der Waals surface area contributed by atoms with E-state index in [2.05, 4.69) is 173 Å². The standard InChI is InChI=1S/C48H28N4/c1-2-11-33(12-3-1)51-42-22-19-32(28-39(42)46-34-13-5-4-9-29(34)17-23-43(46)51)31-18-21-41-38(27-31)35-14-6-7-16-40(35)52(41)44-24-20-37-36-15-8-10-30-25-26-49-48(45(30)36)47(37)50-44/h1-28H. The van der Waals surface area contributed by atoms with Gasteiger partial charge in [-0.15, -0.1) is 0 Å². The molecular weight excluding hydrogens is 633 g/mol. The zero-order valence-corrected chi connectivity index (χ0v) is 28.0. The Morgan fingerprint density at radius 2 is 1.10 bits per heavy atom. The normalized spacial score (nSPS) is 12.2. The van der Waals surface area contributed by atoms with Gasteiger partial charge in [0.25, 0.3) is 0 Å². The number of para-hydroxylation sites is 2. The molecule has 0 saturated carbocycles. The van der Waals surface area contributed by atoms with Gasteiger partial charge in [-0.25, -0.2) is 4.98 Å². The summed E-state index contributed by atoms with van der Waals surface area (Å²) in [5.74, 6) is 0.895. The Hall–Kier alpha value is -7.04. The monoisotopic (exact) mass is 660 g/mol.